The van der Waals surface area contributed by atoms with E-state index in [9.17, 15) is 4.79 Å². The summed E-state index contributed by atoms with van der Waals surface area (Å²) < 4.78 is 5.12. The quantitative estimate of drug-likeness (QED) is 0.862. The Morgan fingerprint density at radius 3 is 2.83 bits per heavy atom. The van der Waals surface area contributed by atoms with Crippen molar-refractivity contribution in [2.75, 3.05) is 11.4 Å². The summed E-state index contributed by atoms with van der Waals surface area (Å²) in [5.41, 5.74) is 2.71. The molecule has 0 bridgehead atoms. The number of fused-ring (bicyclic) bond motifs is 2. The van der Waals surface area contributed by atoms with Crippen LogP contribution in [0.3, 0.4) is 0 Å². The Bertz CT molecular complexity index is 747. The van der Waals surface area contributed by atoms with Crippen LogP contribution in [-0.2, 0) is 16.6 Å². The largest absolute Gasteiger partial charge is 0.339 e. The first-order chi connectivity index (χ1) is 11.7. The van der Waals surface area contributed by atoms with Gasteiger partial charge in [-0.3, -0.25) is 4.79 Å². The van der Waals surface area contributed by atoms with Crippen LogP contribution < -0.4 is 4.90 Å². The van der Waals surface area contributed by atoms with Crippen LogP contribution in [0.5, 0.6) is 0 Å². The maximum absolute atomic E-state index is 12.8. The zero-order chi connectivity index (χ0) is 16.6. The Morgan fingerprint density at radius 1 is 1.29 bits per heavy atom. The van der Waals surface area contributed by atoms with Crippen molar-refractivity contribution in [3.05, 3.63) is 41.5 Å². The van der Waals surface area contributed by atoms with E-state index in [1.807, 2.05) is 11.0 Å². The molecule has 0 atom stereocenters. The molecule has 0 radical (unpaired) electrons. The highest BCUT2D eigenvalue weighted by Gasteiger charge is 2.45. The fraction of sp³-hybridized carbons (Fsp3) is 0.526. The summed E-state index contributed by atoms with van der Waals surface area (Å²) >= 11 is 0. The van der Waals surface area contributed by atoms with Gasteiger partial charge in [-0.1, -0.05) is 36.2 Å². The average molecular weight is 325 g/mol. The minimum absolute atomic E-state index is 0.204. The minimum atomic E-state index is 0.204. The van der Waals surface area contributed by atoms with Gasteiger partial charge in [0.2, 0.25) is 11.8 Å². The smallest absolute Gasteiger partial charge is 0.227 e. The Hall–Kier alpha value is -2.17. The number of benzene rings is 1. The molecule has 2 aromatic rings. The van der Waals surface area contributed by atoms with Crippen LogP contribution >= 0.6 is 0 Å². The Morgan fingerprint density at radius 2 is 2.08 bits per heavy atom. The lowest BCUT2D eigenvalue weighted by Gasteiger charge is -2.24. The van der Waals surface area contributed by atoms with Gasteiger partial charge in [0, 0.05) is 30.5 Å². The summed E-state index contributed by atoms with van der Waals surface area (Å²) in [6.45, 7) is 2.66. The third-order valence-corrected chi connectivity index (χ3v) is 5.44. The van der Waals surface area contributed by atoms with Crippen molar-refractivity contribution in [2.24, 2.45) is 0 Å². The zero-order valence-electron chi connectivity index (χ0n) is 14.1. The van der Waals surface area contributed by atoms with Gasteiger partial charge in [0.25, 0.3) is 0 Å². The summed E-state index contributed by atoms with van der Waals surface area (Å²) in [6, 6.07) is 8.45. The van der Waals surface area contributed by atoms with Gasteiger partial charge in [-0.15, -0.1) is 0 Å². The highest BCUT2D eigenvalue weighted by Crippen LogP contribution is 2.50. The van der Waals surface area contributed by atoms with E-state index < -0.39 is 0 Å². The van der Waals surface area contributed by atoms with Gasteiger partial charge in [0.05, 0.1) is 0 Å². The second kappa shape index (κ2) is 6.04. The third-order valence-electron chi connectivity index (χ3n) is 5.44. The van der Waals surface area contributed by atoms with Gasteiger partial charge < -0.3 is 9.42 Å². The summed E-state index contributed by atoms with van der Waals surface area (Å²) in [4.78, 5) is 19.0. The number of aromatic nitrogens is 2. The number of rotatable bonds is 4. The summed E-state index contributed by atoms with van der Waals surface area (Å²) in [7, 11) is 0. The predicted octanol–water partition coefficient (Wildman–Crippen LogP) is 3.56. The Balaban J connectivity index is 1.45. The second-order valence-corrected chi connectivity index (χ2v) is 7.07. The van der Waals surface area contributed by atoms with Crippen molar-refractivity contribution in [1.82, 2.24) is 10.1 Å². The number of carbonyl (C=O) groups excluding carboxylic acids is 1. The first kappa shape index (κ1) is 15.4. The van der Waals surface area contributed by atoms with Crippen molar-refractivity contribution < 1.29 is 9.32 Å². The fourth-order valence-electron chi connectivity index (χ4n) is 4.30. The lowest BCUT2D eigenvalue weighted by Crippen LogP contribution is -2.35. The van der Waals surface area contributed by atoms with Crippen LogP contribution in [0.2, 0.25) is 0 Å². The van der Waals surface area contributed by atoms with Crippen LogP contribution in [-0.4, -0.2) is 22.6 Å². The van der Waals surface area contributed by atoms with E-state index in [2.05, 4.69) is 28.3 Å². The molecular formula is C19H23N3O2. The molecule has 1 fully saturated rings. The molecule has 24 heavy (non-hydrogen) atoms. The van der Waals surface area contributed by atoms with E-state index in [0.29, 0.717) is 24.6 Å². The number of carbonyl (C=O) groups is 1. The molecule has 0 unspecified atom stereocenters. The summed E-state index contributed by atoms with van der Waals surface area (Å²) in [5, 5.41) is 3.79. The number of nitrogens with zero attached hydrogens (tertiary/aromatic N) is 3. The van der Waals surface area contributed by atoms with Crippen molar-refractivity contribution >= 4 is 11.6 Å². The van der Waals surface area contributed by atoms with Gasteiger partial charge in [-0.05, 0) is 37.8 Å². The van der Waals surface area contributed by atoms with Crippen LogP contribution in [0.4, 0.5) is 5.69 Å². The summed E-state index contributed by atoms with van der Waals surface area (Å²) in [5.74, 6) is 1.48. The van der Waals surface area contributed by atoms with Gasteiger partial charge in [-0.25, -0.2) is 0 Å². The average Bonchev–Trinajstić information content (AvgIpc) is 3.29. The van der Waals surface area contributed by atoms with Gasteiger partial charge in [0.1, 0.15) is 0 Å². The molecule has 1 aliphatic carbocycles. The van der Waals surface area contributed by atoms with E-state index in [4.69, 9.17) is 4.52 Å². The van der Waals surface area contributed by atoms with Crippen LogP contribution in [0.15, 0.2) is 28.8 Å². The molecule has 1 saturated carbocycles. The van der Waals surface area contributed by atoms with E-state index in [1.165, 1.54) is 31.2 Å². The highest BCUT2D eigenvalue weighted by atomic mass is 16.5. The fourth-order valence-corrected chi connectivity index (χ4v) is 4.30. The number of aryl methyl sites for hydroxylation is 2. The van der Waals surface area contributed by atoms with E-state index in [1.54, 1.807) is 6.92 Å². The number of hydrogen-bond donors (Lipinski definition) is 0. The Kier molecular flexibility index (Phi) is 3.87. The molecule has 1 aliphatic heterocycles. The number of para-hydroxylation sites is 1. The second-order valence-electron chi connectivity index (χ2n) is 7.07. The van der Waals surface area contributed by atoms with Gasteiger partial charge >= 0.3 is 0 Å². The maximum Gasteiger partial charge on any atom is 0.227 e. The van der Waals surface area contributed by atoms with Crippen molar-refractivity contribution in [3.63, 3.8) is 0 Å². The molecule has 1 aromatic heterocycles. The summed E-state index contributed by atoms with van der Waals surface area (Å²) in [6.07, 6.45) is 6.87. The highest BCUT2D eigenvalue weighted by molar-refractivity contribution is 5.96. The Labute approximate surface area is 142 Å². The SMILES string of the molecule is Cc1noc(CCCC(=O)N2CC3(CCCC3)c3ccccc32)n1. The van der Waals surface area contributed by atoms with E-state index in [0.717, 1.165) is 18.7 Å². The van der Waals surface area contributed by atoms with E-state index >= 15 is 0 Å². The monoisotopic (exact) mass is 325 g/mol. The lowest BCUT2D eigenvalue weighted by molar-refractivity contribution is -0.118. The molecule has 126 valence electrons. The van der Waals surface area contributed by atoms with Crippen molar-refractivity contribution in [3.8, 4) is 0 Å². The molecule has 1 aromatic carbocycles. The molecule has 4 rings (SSSR count). The number of hydrogen-bond acceptors (Lipinski definition) is 4. The molecule has 0 saturated heterocycles. The third kappa shape index (κ3) is 2.62. The van der Waals surface area contributed by atoms with Gasteiger partial charge in [0.15, 0.2) is 5.82 Å². The lowest BCUT2D eigenvalue weighted by atomic mass is 9.81. The molecule has 5 nitrogen and oxygen atoms in total. The van der Waals surface area contributed by atoms with E-state index in [-0.39, 0.29) is 11.3 Å². The zero-order valence-corrected chi connectivity index (χ0v) is 14.1. The molecule has 5 heteroatoms. The van der Waals surface area contributed by atoms with Gasteiger partial charge in [-0.2, -0.15) is 4.98 Å². The minimum Gasteiger partial charge on any atom is -0.339 e. The number of amides is 1. The van der Waals surface area contributed by atoms with Crippen molar-refractivity contribution in [2.45, 2.75) is 57.3 Å². The standard InChI is InChI=1S/C19H23N3O2/c1-14-20-17(24-21-14)9-6-10-18(23)22-13-19(11-4-5-12-19)15-7-2-3-8-16(15)22/h2-3,7-8H,4-6,9-13H2,1H3. The molecule has 1 spiro atoms. The van der Waals surface area contributed by atoms with Crippen molar-refractivity contribution in [1.29, 1.82) is 0 Å². The maximum atomic E-state index is 12.8. The molecule has 2 heterocycles. The molecular weight excluding hydrogens is 302 g/mol. The van der Waals surface area contributed by atoms with Crippen LogP contribution in [0.25, 0.3) is 0 Å². The molecule has 0 N–H and O–H groups in total. The first-order valence-corrected chi connectivity index (χ1v) is 8.87. The van der Waals surface area contributed by atoms with Crippen LogP contribution in [0.1, 0.15) is 55.8 Å². The topological polar surface area (TPSA) is 59.2 Å². The van der Waals surface area contributed by atoms with Crippen LogP contribution in [0, 0.1) is 6.92 Å². The number of anilines is 1. The normalized spacial score (nSPS) is 18.3. The first-order valence-electron chi connectivity index (χ1n) is 8.87. The molecule has 2 aliphatic rings. The predicted molar refractivity (Wildman–Crippen MR) is 90.9 cm³/mol. The molecule has 1 amide bonds.